The van der Waals surface area contributed by atoms with E-state index < -0.39 is 0 Å². The number of thioether (sulfide) groups is 1. The van der Waals surface area contributed by atoms with Gasteiger partial charge in [0.25, 0.3) is 5.69 Å². The molecule has 0 bridgehead atoms. The van der Waals surface area contributed by atoms with Gasteiger partial charge in [0.15, 0.2) is 0 Å². The second-order valence-electron chi connectivity index (χ2n) is 3.50. The fourth-order valence-electron chi connectivity index (χ4n) is 1.47. The molecular formula is C13H11NO2S. The van der Waals surface area contributed by atoms with Crippen LogP contribution in [-0.4, -0.2) is 4.92 Å². The third-order valence-electron chi connectivity index (χ3n) is 2.30. The number of hydrogen-bond donors (Lipinski definition) is 0. The standard InChI is InChI=1S/C13H11NO2S/c15-14(16)12-8-4-5-9-13(12)17-10-11-6-2-1-3-7-11/h1-9H,10H2. The lowest BCUT2D eigenvalue weighted by molar-refractivity contribution is -0.387. The van der Waals surface area contributed by atoms with Crippen molar-refractivity contribution < 1.29 is 4.92 Å². The molecule has 2 aromatic carbocycles. The van der Waals surface area contributed by atoms with Crippen LogP contribution in [0.15, 0.2) is 59.5 Å². The zero-order valence-electron chi connectivity index (χ0n) is 9.08. The van der Waals surface area contributed by atoms with Gasteiger partial charge >= 0.3 is 0 Å². The highest BCUT2D eigenvalue weighted by molar-refractivity contribution is 7.98. The zero-order chi connectivity index (χ0) is 12.1. The summed E-state index contributed by atoms with van der Waals surface area (Å²) in [5.74, 6) is 0.742. The van der Waals surface area contributed by atoms with Crippen molar-refractivity contribution in [2.45, 2.75) is 10.6 Å². The molecule has 0 atom stereocenters. The lowest BCUT2D eigenvalue weighted by Crippen LogP contribution is -1.90. The van der Waals surface area contributed by atoms with E-state index in [1.807, 2.05) is 36.4 Å². The van der Waals surface area contributed by atoms with Gasteiger partial charge in [0.1, 0.15) is 0 Å². The second-order valence-corrected chi connectivity index (χ2v) is 4.52. The fraction of sp³-hybridized carbons (Fsp3) is 0.0769. The summed E-state index contributed by atoms with van der Waals surface area (Å²) in [6, 6.07) is 16.7. The number of benzene rings is 2. The molecule has 2 rings (SSSR count). The summed E-state index contributed by atoms with van der Waals surface area (Å²) in [7, 11) is 0. The molecule has 0 spiro atoms. The molecular weight excluding hydrogens is 234 g/mol. The van der Waals surface area contributed by atoms with Crippen LogP contribution in [0, 0.1) is 10.1 Å². The Morgan fingerprint density at radius 3 is 2.35 bits per heavy atom. The number of rotatable bonds is 4. The molecule has 86 valence electrons. The van der Waals surface area contributed by atoms with Crippen LogP contribution in [0.3, 0.4) is 0 Å². The Morgan fingerprint density at radius 2 is 1.65 bits per heavy atom. The first kappa shape index (κ1) is 11.7. The molecule has 4 heteroatoms. The first-order chi connectivity index (χ1) is 8.27. The highest BCUT2D eigenvalue weighted by atomic mass is 32.2. The SMILES string of the molecule is O=[N+]([O-])c1ccccc1SCc1ccccc1. The molecule has 0 aliphatic heterocycles. The van der Waals surface area contributed by atoms with Crippen LogP contribution in [0.5, 0.6) is 0 Å². The molecule has 3 nitrogen and oxygen atoms in total. The van der Waals surface area contributed by atoms with Gasteiger partial charge in [-0.2, -0.15) is 0 Å². The third-order valence-corrected chi connectivity index (χ3v) is 3.43. The minimum atomic E-state index is -0.340. The lowest BCUT2D eigenvalue weighted by atomic mass is 10.2. The highest BCUT2D eigenvalue weighted by Gasteiger charge is 2.12. The highest BCUT2D eigenvalue weighted by Crippen LogP contribution is 2.30. The third kappa shape index (κ3) is 3.07. The Balaban J connectivity index is 2.12. The lowest BCUT2D eigenvalue weighted by Gasteiger charge is -2.02. The van der Waals surface area contributed by atoms with Crippen molar-refractivity contribution in [2.24, 2.45) is 0 Å². The number of nitro groups is 1. The van der Waals surface area contributed by atoms with E-state index in [1.54, 1.807) is 12.1 Å². The van der Waals surface area contributed by atoms with Crippen molar-refractivity contribution in [1.29, 1.82) is 0 Å². The summed E-state index contributed by atoms with van der Waals surface area (Å²) >= 11 is 1.49. The van der Waals surface area contributed by atoms with Crippen LogP contribution < -0.4 is 0 Å². The molecule has 0 N–H and O–H groups in total. The van der Waals surface area contributed by atoms with Gasteiger partial charge in [0.2, 0.25) is 0 Å². The Labute approximate surface area is 104 Å². The number of nitrogens with zero attached hydrogens (tertiary/aromatic N) is 1. The molecule has 0 radical (unpaired) electrons. The molecule has 17 heavy (non-hydrogen) atoms. The summed E-state index contributed by atoms with van der Waals surface area (Å²) < 4.78 is 0. The molecule has 2 aromatic rings. The van der Waals surface area contributed by atoms with Crippen molar-refractivity contribution in [3.05, 3.63) is 70.3 Å². The van der Waals surface area contributed by atoms with Crippen LogP contribution in [0.1, 0.15) is 5.56 Å². The average Bonchev–Trinajstić information content (AvgIpc) is 2.38. The van der Waals surface area contributed by atoms with Crippen molar-refractivity contribution in [1.82, 2.24) is 0 Å². The van der Waals surface area contributed by atoms with Gasteiger partial charge in [-0.1, -0.05) is 42.5 Å². The van der Waals surface area contributed by atoms with Gasteiger partial charge in [-0.15, -0.1) is 11.8 Å². The summed E-state index contributed by atoms with van der Waals surface area (Å²) in [6.07, 6.45) is 0. The van der Waals surface area contributed by atoms with Gasteiger partial charge in [-0.25, -0.2) is 0 Å². The van der Waals surface area contributed by atoms with Crippen molar-refractivity contribution in [3.63, 3.8) is 0 Å². The predicted octanol–water partition coefficient (Wildman–Crippen LogP) is 3.89. The predicted molar refractivity (Wildman–Crippen MR) is 69.1 cm³/mol. The monoisotopic (exact) mass is 245 g/mol. The molecule has 0 unspecified atom stereocenters. The molecule has 0 saturated carbocycles. The maximum absolute atomic E-state index is 10.8. The maximum Gasteiger partial charge on any atom is 0.282 e. The van der Waals surface area contributed by atoms with Gasteiger partial charge in [-0.05, 0) is 11.6 Å². The van der Waals surface area contributed by atoms with Crippen LogP contribution in [0.2, 0.25) is 0 Å². The summed E-state index contributed by atoms with van der Waals surface area (Å²) in [4.78, 5) is 11.2. The van der Waals surface area contributed by atoms with E-state index in [0.29, 0.717) is 4.90 Å². The Hall–Kier alpha value is -1.81. The normalized spacial score (nSPS) is 10.1. The molecule has 0 aliphatic rings. The number of hydrogen-bond acceptors (Lipinski definition) is 3. The van der Waals surface area contributed by atoms with Gasteiger partial charge < -0.3 is 0 Å². The summed E-state index contributed by atoms with van der Waals surface area (Å²) in [5.41, 5.74) is 1.34. The van der Waals surface area contributed by atoms with Crippen LogP contribution in [0.4, 0.5) is 5.69 Å². The van der Waals surface area contributed by atoms with Crippen molar-refractivity contribution >= 4 is 17.4 Å². The van der Waals surface area contributed by atoms with Crippen molar-refractivity contribution in [3.8, 4) is 0 Å². The molecule has 0 heterocycles. The van der Waals surface area contributed by atoms with E-state index in [-0.39, 0.29) is 10.6 Å². The first-order valence-corrected chi connectivity index (χ1v) is 6.16. The van der Waals surface area contributed by atoms with Crippen molar-refractivity contribution in [2.75, 3.05) is 0 Å². The van der Waals surface area contributed by atoms with E-state index in [4.69, 9.17) is 0 Å². The smallest absolute Gasteiger partial charge is 0.258 e. The van der Waals surface area contributed by atoms with Crippen LogP contribution in [0.25, 0.3) is 0 Å². The minimum Gasteiger partial charge on any atom is -0.258 e. The van der Waals surface area contributed by atoms with Crippen LogP contribution >= 0.6 is 11.8 Å². The van der Waals surface area contributed by atoms with Crippen LogP contribution in [-0.2, 0) is 5.75 Å². The number of para-hydroxylation sites is 1. The van der Waals surface area contributed by atoms with E-state index >= 15 is 0 Å². The van der Waals surface area contributed by atoms with E-state index in [2.05, 4.69) is 0 Å². The molecule has 0 aromatic heterocycles. The quantitative estimate of drug-likeness (QED) is 0.466. The molecule has 0 saturated heterocycles. The van der Waals surface area contributed by atoms with E-state index in [9.17, 15) is 10.1 Å². The second kappa shape index (κ2) is 5.50. The summed E-state index contributed by atoms with van der Waals surface area (Å²) in [5, 5.41) is 10.8. The average molecular weight is 245 g/mol. The fourth-order valence-corrected chi connectivity index (χ4v) is 2.45. The molecule has 0 fully saturated rings. The Bertz CT molecular complexity index is 514. The molecule has 0 amide bonds. The first-order valence-electron chi connectivity index (χ1n) is 5.17. The zero-order valence-corrected chi connectivity index (χ0v) is 9.89. The van der Waals surface area contributed by atoms with Gasteiger partial charge in [0.05, 0.1) is 9.82 Å². The maximum atomic E-state index is 10.8. The largest absolute Gasteiger partial charge is 0.282 e. The number of nitro benzene ring substituents is 1. The Morgan fingerprint density at radius 1 is 1.00 bits per heavy atom. The summed E-state index contributed by atoms with van der Waals surface area (Å²) in [6.45, 7) is 0. The molecule has 0 aliphatic carbocycles. The van der Waals surface area contributed by atoms with E-state index in [0.717, 1.165) is 11.3 Å². The minimum absolute atomic E-state index is 0.174. The topological polar surface area (TPSA) is 43.1 Å². The van der Waals surface area contributed by atoms with E-state index in [1.165, 1.54) is 17.8 Å². The van der Waals surface area contributed by atoms with Gasteiger partial charge in [-0.3, -0.25) is 10.1 Å². The Kier molecular flexibility index (Phi) is 3.77. The van der Waals surface area contributed by atoms with Gasteiger partial charge in [0, 0.05) is 11.8 Å².